The highest BCUT2D eigenvalue weighted by Gasteiger charge is 2.42. The third kappa shape index (κ3) is 3.65. The van der Waals surface area contributed by atoms with Crippen LogP contribution in [0.5, 0.6) is 0 Å². The van der Waals surface area contributed by atoms with Gasteiger partial charge >= 0.3 is 0 Å². The van der Waals surface area contributed by atoms with Gasteiger partial charge in [0.1, 0.15) is 10.8 Å². The summed E-state index contributed by atoms with van der Waals surface area (Å²) in [5, 5.41) is 16.9. The Hall–Kier alpha value is -2.36. The maximum atomic E-state index is 13.6. The zero-order valence-corrected chi connectivity index (χ0v) is 20.1. The zero-order chi connectivity index (χ0) is 23.6. The molecule has 10 heteroatoms. The Morgan fingerprint density at radius 1 is 1.29 bits per heavy atom. The van der Waals surface area contributed by atoms with Crippen LogP contribution in [-0.4, -0.2) is 32.6 Å². The van der Waals surface area contributed by atoms with Gasteiger partial charge in [-0.15, -0.1) is 21.5 Å². The van der Waals surface area contributed by atoms with Gasteiger partial charge in [-0.1, -0.05) is 29.8 Å². The number of nitrogens with zero attached hydrogens (tertiary/aromatic N) is 3. The number of hydrogen-bond acceptors (Lipinski definition) is 5. The van der Waals surface area contributed by atoms with Crippen molar-refractivity contribution in [3.8, 4) is 5.00 Å². The third-order valence-electron chi connectivity index (χ3n) is 7.18. The van der Waals surface area contributed by atoms with Gasteiger partial charge in [-0.2, -0.15) is 0 Å². The maximum absolute atomic E-state index is 13.6. The molecule has 2 aliphatic carbocycles. The lowest BCUT2D eigenvalue weighted by Gasteiger charge is -2.21. The minimum atomic E-state index is -2.67. The van der Waals surface area contributed by atoms with E-state index in [2.05, 4.69) is 25.4 Å². The molecule has 1 aliphatic heterocycles. The molecule has 34 heavy (non-hydrogen) atoms. The van der Waals surface area contributed by atoms with Crippen LogP contribution < -0.4 is 10.6 Å². The molecule has 1 fully saturated rings. The molecule has 6 nitrogen and oxygen atoms in total. The van der Waals surface area contributed by atoms with Crippen LogP contribution in [-0.2, 0) is 24.2 Å². The Bertz CT molecular complexity index is 1290. The number of hydrogen-bond donors (Lipinski definition) is 2. The second-order valence-electron chi connectivity index (χ2n) is 9.47. The first-order valence-electron chi connectivity index (χ1n) is 11.5. The molecule has 2 N–H and O–H groups in total. The SMILES string of the molecule is Cc1nnc2n1-c1sc3c(c1[C@H](c1ccccc1Cl)NC2)C[C@H](C(=O)N[C@@H]1CCC(F)(F)C1)C3. The summed E-state index contributed by atoms with van der Waals surface area (Å²) in [6.45, 7) is 2.47. The molecule has 0 saturated heterocycles. The fourth-order valence-electron chi connectivity index (χ4n) is 5.54. The van der Waals surface area contributed by atoms with E-state index in [0.717, 1.165) is 38.2 Å². The zero-order valence-electron chi connectivity index (χ0n) is 18.6. The molecule has 3 aromatic rings. The van der Waals surface area contributed by atoms with E-state index in [-0.39, 0.29) is 30.7 Å². The molecule has 3 atom stereocenters. The number of nitrogens with one attached hydrogen (secondary N) is 2. The number of halogens is 3. The predicted octanol–water partition coefficient (Wildman–Crippen LogP) is 4.50. The number of amides is 1. The average molecular weight is 504 g/mol. The molecule has 1 amide bonds. The third-order valence-corrected chi connectivity index (χ3v) is 8.78. The minimum absolute atomic E-state index is 0.128. The van der Waals surface area contributed by atoms with Crippen LogP contribution in [0.3, 0.4) is 0 Å². The summed E-state index contributed by atoms with van der Waals surface area (Å²) < 4.78 is 29.3. The summed E-state index contributed by atoms with van der Waals surface area (Å²) in [6, 6.07) is 7.19. The van der Waals surface area contributed by atoms with Crippen molar-refractivity contribution in [2.75, 3.05) is 0 Å². The Labute approximate surface area is 204 Å². The summed E-state index contributed by atoms with van der Waals surface area (Å²) >= 11 is 8.28. The van der Waals surface area contributed by atoms with Gasteiger partial charge in [0.25, 0.3) is 0 Å². The summed E-state index contributed by atoms with van der Waals surface area (Å²) in [4.78, 5) is 14.2. The fraction of sp³-hybridized carbons (Fsp3) is 0.458. The molecule has 0 bridgehead atoms. The molecular weight excluding hydrogens is 480 g/mol. The van der Waals surface area contributed by atoms with E-state index in [1.165, 1.54) is 0 Å². The molecule has 3 heterocycles. The lowest BCUT2D eigenvalue weighted by atomic mass is 9.94. The Balaban J connectivity index is 1.35. The highest BCUT2D eigenvalue weighted by atomic mass is 35.5. The molecule has 6 rings (SSSR count). The molecule has 1 saturated carbocycles. The minimum Gasteiger partial charge on any atom is -0.353 e. The molecule has 1 aromatic carbocycles. The molecule has 178 valence electrons. The Morgan fingerprint density at radius 2 is 2.12 bits per heavy atom. The van der Waals surface area contributed by atoms with Gasteiger partial charge in [-0.25, -0.2) is 8.78 Å². The van der Waals surface area contributed by atoms with Crippen molar-refractivity contribution in [2.45, 2.75) is 63.6 Å². The van der Waals surface area contributed by atoms with E-state index in [9.17, 15) is 13.6 Å². The number of carbonyl (C=O) groups is 1. The normalized spacial score (nSPS) is 24.9. The molecule has 0 radical (unpaired) electrons. The maximum Gasteiger partial charge on any atom is 0.250 e. The topological polar surface area (TPSA) is 71.8 Å². The molecular formula is C24H24ClF2N5OS. The number of alkyl halides is 2. The predicted molar refractivity (Wildman–Crippen MR) is 126 cm³/mol. The van der Waals surface area contributed by atoms with Crippen LogP contribution in [0, 0.1) is 12.8 Å². The second kappa shape index (κ2) is 8.10. The van der Waals surface area contributed by atoms with Crippen molar-refractivity contribution >= 4 is 28.8 Å². The summed E-state index contributed by atoms with van der Waals surface area (Å²) in [5.74, 6) is -1.40. The van der Waals surface area contributed by atoms with E-state index >= 15 is 0 Å². The van der Waals surface area contributed by atoms with Crippen LogP contribution in [0.15, 0.2) is 24.3 Å². The largest absolute Gasteiger partial charge is 0.353 e. The van der Waals surface area contributed by atoms with Crippen molar-refractivity contribution < 1.29 is 13.6 Å². The number of aromatic nitrogens is 3. The second-order valence-corrected chi connectivity index (χ2v) is 11.0. The van der Waals surface area contributed by atoms with E-state index in [0.29, 0.717) is 30.8 Å². The Morgan fingerprint density at radius 3 is 2.88 bits per heavy atom. The van der Waals surface area contributed by atoms with Gasteiger partial charge in [0.15, 0.2) is 5.82 Å². The van der Waals surface area contributed by atoms with Crippen LogP contribution in [0.1, 0.15) is 58.5 Å². The number of benzene rings is 1. The van der Waals surface area contributed by atoms with Gasteiger partial charge in [-0.05, 0) is 43.4 Å². The number of rotatable bonds is 3. The summed E-state index contributed by atoms with van der Waals surface area (Å²) in [7, 11) is 0. The van der Waals surface area contributed by atoms with Crippen LogP contribution >= 0.6 is 22.9 Å². The first-order chi connectivity index (χ1) is 16.3. The van der Waals surface area contributed by atoms with Crippen molar-refractivity contribution in [1.29, 1.82) is 0 Å². The average Bonchev–Trinajstić information content (AvgIpc) is 3.51. The highest BCUT2D eigenvalue weighted by Crippen LogP contribution is 2.47. The van der Waals surface area contributed by atoms with E-state index in [4.69, 9.17) is 11.6 Å². The van der Waals surface area contributed by atoms with Crippen molar-refractivity contribution in [1.82, 2.24) is 25.4 Å². The van der Waals surface area contributed by atoms with E-state index in [1.54, 1.807) is 11.3 Å². The first-order valence-corrected chi connectivity index (χ1v) is 12.7. The lowest BCUT2D eigenvalue weighted by molar-refractivity contribution is -0.125. The first kappa shape index (κ1) is 22.1. The molecule has 0 unspecified atom stereocenters. The molecule has 2 aromatic heterocycles. The summed E-state index contributed by atoms with van der Waals surface area (Å²) in [6.07, 6.45) is 1.09. The van der Waals surface area contributed by atoms with Gasteiger partial charge in [-0.3, -0.25) is 14.7 Å². The van der Waals surface area contributed by atoms with Gasteiger partial charge in [0.2, 0.25) is 11.8 Å². The standard InChI is InChI=1S/C24H24ClF2N5OS/c1-12-30-31-19-11-28-21(15-4-2-3-5-17(15)25)20-16-8-13(9-18(16)34-23(20)32(12)19)22(33)29-14-6-7-24(26,27)10-14/h2-5,13-14,21,28H,6-11H2,1H3,(H,29,33)/t13-,14+,21-/m0/s1. The van der Waals surface area contributed by atoms with Crippen LogP contribution in [0.25, 0.3) is 5.00 Å². The van der Waals surface area contributed by atoms with E-state index < -0.39 is 12.0 Å². The monoisotopic (exact) mass is 503 g/mol. The lowest BCUT2D eigenvalue weighted by Crippen LogP contribution is -2.38. The Kier molecular flexibility index (Phi) is 5.27. The van der Waals surface area contributed by atoms with Crippen molar-refractivity contribution in [2.24, 2.45) is 5.92 Å². The number of aryl methyl sites for hydroxylation is 1. The van der Waals surface area contributed by atoms with Crippen LogP contribution in [0.4, 0.5) is 8.78 Å². The molecule has 3 aliphatic rings. The van der Waals surface area contributed by atoms with Gasteiger partial charge < -0.3 is 5.32 Å². The van der Waals surface area contributed by atoms with Crippen molar-refractivity contribution in [3.05, 3.63) is 62.5 Å². The number of fused-ring (bicyclic) bond motifs is 5. The van der Waals surface area contributed by atoms with Gasteiger partial charge in [0, 0.05) is 40.3 Å². The van der Waals surface area contributed by atoms with Crippen molar-refractivity contribution in [3.63, 3.8) is 0 Å². The number of carbonyl (C=O) groups excluding carboxylic acids is 1. The molecule has 0 spiro atoms. The smallest absolute Gasteiger partial charge is 0.250 e. The van der Waals surface area contributed by atoms with Gasteiger partial charge in [0.05, 0.1) is 12.6 Å². The quantitative estimate of drug-likeness (QED) is 0.552. The van der Waals surface area contributed by atoms with E-state index in [1.807, 2.05) is 31.2 Å². The number of thiophene rings is 1. The highest BCUT2D eigenvalue weighted by molar-refractivity contribution is 7.15. The van der Waals surface area contributed by atoms with Crippen LogP contribution in [0.2, 0.25) is 5.02 Å². The fourth-order valence-corrected chi connectivity index (χ4v) is 7.30. The summed E-state index contributed by atoms with van der Waals surface area (Å²) in [5.41, 5.74) is 3.23.